The van der Waals surface area contributed by atoms with Gasteiger partial charge in [0.05, 0.1) is 13.5 Å². The van der Waals surface area contributed by atoms with Gasteiger partial charge in [0.1, 0.15) is 12.4 Å². The highest BCUT2D eigenvalue weighted by molar-refractivity contribution is 5.73. The first-order valence-electron chi connectivity index (χ1n) is 6.94. The molecule has 3 nitrogen and oxygen atoms in total. The van der Waals surface area contributed by atoms with Crippen molar-refractivity contribution in [2.75, 3.05) is 7.11 Å². The number of carbonyl (C=O) groups excluding carboxylic acids is 1. The van der Waals surface area contributed by atoms with Crippen LogP contribution in [0.2, 0.25) is 0 Å². The summed E-state index contributed by atoms with van der Waals surface area (Å²) in [5, 5.41) is 0. The van der Waals surface area contributed by atoms with E-state index in [1.165, 1.54) is 7.11 Å². The number of hydrogen-bond donors (Lipinski definition) is 0. The number of esters is 1. The van der Waals surface area contributed by atoms with Crippen LogP contribution < -0.4 is 4.74 Å². The van der Waals surface area contributed by atoms with Gasteiger partial charge >= 0.3 is 5.97 Å². The molecule has 0 unspecified atom stereocenters. The van der Waals surface area contributed by atoms with Gasteiger partial charge in [0.25, 0.3) is 0 Å². The predicted molar refractivity (Wildman–Crippen MR) is 82.4 cm³/mol. The van der Waals surface area contributed by atoms with Crippen LogP contribution in [0, 0.1) is 13.8 Å². The Bertz CT molecular complexity index is 618. The number of hydrogen-bond acceptors (Lipinski definition) is 3. The molecule has 0 heterocycles. The van der Waals surface area contributed by atoms with Crippen molar-refractivity contribution in [3.05, 3.63) is 64.7 Å². The van der Waals surface area contributed by atoms with Crippen molar-refractivity contribution in [1.82, 2.24) is 0 Å². The highest BCUT2D eigenvalue weighted by Crippen LogP contribution is 2.25. The van der Waals surface area contributed by atoms with Crippen molar-refractivity contribution >= 4 is 5.97 Å². The summed E-state index contributed by atoms with van der Waals surface area (Å²) in [5.74, 6) is 0.482. The standard InChI is InChI=1S/C18H20O3/c1-13-9-16(11-18(19)20-3)17(10-14(13)2)21-12-15-7-5-4-6-8-15/h4-10H,11-12H2,1-3H3. The van der Waals surface area contributed by atoms with Gasteiger partial charge in [-0.2, -0.15) is 0 Å². The van der Waals surface area contributed by atoms with Crippen molar-refractivity contribution in [1.29, 1.82) is 0 Å². The van der Waals surface area contributed by atoms with E-state index in [-0.39, 0.29) is 12.4 Å². The molecule has 0 aromatic heterocycles. The maximum atomic E-state index is 11.5. The molecule has 0 amide bonds. The van der Waals surface area contributed by atoms with Gasteiger partial charge in [0.15, 0.2) is 0 Å². The fourth-order valence-corrected chi connectivity index (χ4v) is 2.08. The Morgan fingerprint density at radius 2 is 1.71 bits per heavy atom. The van der Waals surface area contributed by atoms with Gasteiger partial charge in [-0.25, -0.2) is 0 Å². The maximum Gasteiger partial charge on any atom is 0.310 e. The van der Waals surface area contributed by atoms with E-state index in [1.807, 2.05) is 56.3 Å². The monoisotopic (exact) mass is 284 g/mol. The lowest BCUT2D eigenvalue weighted by Crippen LogP contribution is -2.07. The molecule has 2 aromatic carbocycles. The molecule has 110 valence electrons. The number of rotatable bonds is 5. The van der Waals surface area contributed by atoms with E-state index in [1.54, 1.807) is 0 Å². The zero-order chi connectivity index (χ0) is 15.2. The highest BCUT2D eigenvalue weighted by Gasteiger charge is 2.11. The molecule has 0 aliphatic carbocycles. The average Bonchev–Trinajstić information content (AvgIpc) is 2.50. The molecule has 2 aromatic rings. The summed E-state index contributed by atoms with van der Waals surface area (Å²) in [6.07, 6.45) is 0.224. The largest absolute Gasteiger partial charge is 0.489 e. The van der Waals surface area contributed by atoms with Crippen LogP contribution >= 0.6 is 0 Å². The minimum absolute atomic E-state index is 0.224. The third kappa shape index (κ3) is 4.09. The van der Waals surface area contributed by atoms with E-state index >= 15 is 0 Å². The zero-order valence-corrected chi connectivity index (χ0v) is 12.7. The first kappa shape index (κ1) is 15.1. The molecule has 0 fully saturated rings. The maximum absolute atomic E-state index is 11.5. The molecule has 21 heavy (non-hydrogen) atoms. The lowest BCUT2D eigenvalue weighted by molar-refractivity contribution is -0.139. The van der Waals surface area contributed by atoms with E-state index in [9.17, 15) is 4.79 Å². The Morgan fingerprint density at radius 1 is 1.05 bits per heavy atom. The molecule has 0 atom stereocenters. The van der Waals surface area contributed by atoms with Gasteiger partial charge in [-0.1, -0.05) is 36.4 Å². The average molecular weight is 284 g/mol. The van der Waals surface area contributed by atoms with E-state index in [2.05, 4.69) is 0 Å². The Hall–Kier alpha value is -2.29. The van der Waals surface area contributed by atoms with Crippen LogP contribution in [0.1, 0.15) is 22.3 Å². The molecule has 0 saturated heterocycles. The Balaban J connectivity index is 2.20. The second-order valence-corrected chi connectivity index (χ2v) is 5.07. The van der Waals surface area contributed by atoms with Crippen LogP contribution in [-0.4, -0.2) is 13.1 Å². The predicted octanol–water partition coefficient (Wildman–Crippen LogP) is 3.60. The first-order valence-corrected chi connectivity index (χ1v) is 6.94. The number of methoxy groups -OCH3 is 1. The SMILES string of the molecule is COC(=O)Cc1cc(C)c(C)cc1OCc1ccccc1. The lowest BCUT2D eigenvalue weighted by atomic mass is 10.0. The smallest absolute Gasteiger partial charge is 0.310 e. The van der Waals surface area contributed by atoms with E-state index in [0.29, 0.717) is 6.61 Å². The second-order valence-electron chi connectivity index (χ2n) is 5.07. The summed E-state index contributed by atoms with van der Waals surface area (Å²) in [6, 6.07) is 13.9. The normalized spacial score (nSPS) is 10.2. The molecule has 0 aliphatic heterocycles. The fraction of sp³-hybridized carbons (Fsp3) is 0.278. The van der Waals surface area contributed by atoms with Crippen molar-refractivity contribution in [3.8, 4) is 5.75 Å². The van der Waals surface area contributed by atoms with Crippen LogP contribution in [0.5, 0.6) is 5.75 Å². The van der Waals surface area contributed by atoms with Gasteiger partial charge in [0, 0.05) is 5.56 Å². The minimum Gasteiger partial charge on any atom is -0.489 e. The summed E-state index contributed by atoms with van der Waals surface area (Å²) in [7, 11) is 1.40. The zero-order valence-electron chi connectivity index (χ0n) is 12.7. The Morgan fingerprint density at radius 3 is 2.38 bits per heavy atom. The molecule has 0 aliphatic rings. The summed E-state index contributed by atoms with van der Waals surface area (Å²) < 4.78 is 10.6. The molecule has 3 heteroatoms. The Labute approximate surface area is 125 Å². The van der Waals surface area contributed by atoms with E-state index in [4.69, 9.17) is 9.47 Å². The topological polar surface area (TPSA) is 35.5 Å². The third-order valence-corrected chi connectivity index (χ3v) is 3.48. The van der Waals surface area contributed by atoms with Gasteiger partial charge in [0.2, 0.25) is 0 Å². The van der Waals surface area contributed by atoms with Crippen molar-refractivity contribution in [3.63, 3.8) is 0 Å². The molecule has 2 rings (SSSR count). The summed E-state index contributed by atoms with van der Waals surface area (Å²) in [5.41, 5.74) is 4.24. The third-order valence-electron chi connectivity index (χ3n) is 3.48. The summed E-state index contributed by atoms with van der Waals surface area (Å²) in [6.45, 7) is 4.54. The van der Waals surface area contributed by atoms with Crippen LogP contribution in [0.3, 0.4) is 0 Å². The molecule has 0 spiro atoms. The number of ether oxygens (including phenoxy) is 2. The van der Waals surface area contributed by atoms with E-state index in [0.717, 1.165) is 28.0 Å². The lowest BCUT2D eigenvalue weighted by Gasteiger charge is -2.14. The van der Waals surface area contributed by atoms with Gasteiger partial charge in [-0.3, -0.25) is 4.79 Å². The van der Waals surface area contributed by atoms with Crippen molar-refractivity contribution < 1.29 is 14.3 Å². The molecule has 0 bridgehead atoms. The summed E-state index contributed by atoms with van der Waals surface area (Å²) >= 11 is 0. The van der Waals surface area contributed by atoms with Crippen LogP contribution in [0.25, 0.3) is 0 Å². The first-order chi connectivity index (χ1) is 10.1. The molecule has 0 saturated carbocycles. The Kier molecular flexibility index (Phi) is 4.99. The summed E-state index contributed by atoms with van der Waals surface area (Å²) in [4.78, 5) is 11.5. The van der Waals surface area contributed by atoms with Crippen LogP contribution in [-0.2, 0) is 22.6 Å². The molecule has 0 radical (unpaired) electrons. The molecule has 0 N–H and O–H groups in total. The quantitative estimate of drug-likeness (QED) is 0.787. The van der Waals surface area contributed by atoms with Crippen molar-refractivity contribution in [2.24, 2.45) is 0 Å². The highest BCUT2D eigenvalue weighted by atomic mass is 16.5. The minimum atomic E-state index is -0.261. The van der Waals surface area contributed by atoms with Crippen molar-refractivity contribution in [2.45, 2.75) is 26.9 Å². The second kappa shape index (κ2) is 6.93. The number of benzene rings is 2. The van der Waals surface area contributed by atoms with Gasteiger partial charge in [-0.05, 0) is 36.6 Å². The van der Waals surface area contributed by atoms with Gasteiger partial charge < -0.3 is 9.47 Å². The number of aryl methyl sites for hydroxylation is 2. The fourth-order valence-electron chi connectivity index (χ4n) is 2.08. The van der Waals surface area contributed by atoms with Crippen LogP contribution in [0.15, 0.2) is 42.5 Å². The number of carbonyl (C=O) groups is 1. The van der Waals surface area contributed by atoms with Crippen LogP contribution in [0.4, 0.5) is 0 Å². The molecular weight excluding hydrogens is 264 g/mol. The van der Waals surface area contributed by atoms with E-state index < -0.39 is 0 Å². The van der Waals surface area contributed by atoms with Gasteiger partial charge in [-0.15, -0.1) is 0 Å². The molecular formula is C18H20O3.